The van der Waals surface area contributed by atoms with Crippen molar-refractivity contribution < 1.29 is 14.3 Å². The van der Waals surface area contributed by atoms with E-state index in [1.165, 1.54) is 0 Å². The molecule has 1 aromatic rings. The van der Waals surface area contributed by atoms with Crippen molar-refractivity contribution in [3.8, 4) is 5.75 Å². The summed E-state index contributed by atoms with van der Waals surface area (Å²) in [5.74, 6) is 0.762. The van der Waals surface area contributed by atoms with Gasteiger partial charge in [0.2, 0.25) is 5.91 Å². The van der Waals surface area contributed by atoms with E-state index in [4.69, 9.17) is 15.2 Å². The molecule has 0 aliphatic carbocycles. The summed E-state index contributed by atoms with van der Waals surface area (Å²) in [6.45, 7) is 3.41. The lowest BCUT2D eigenvalue weighted by Crippen LogP contribution is -2.29. The van der Waals surface area contributed by atoms with E-state index >= 15 is 0 Å². The number of nitrogens with two attached hydrogens (primary N) is 1. The molecule has 0 saturated heterocycles. The van der Waals surface area contributed by atoms with Crippen molar-refractivity contribution in [3.05, 3.63) is 29.8 Å². The van der Waals surface area contributed by atoms with E-state index < -0.39 is 0 Å². The Morgan fingerprint density at radius 2 is 2.00 bits per heavy atom. The molecule has 1 rings (SSSR count). The molecule has 5 heteroatoms. The number of hydrogen-bond acceptors (Lipinski definition) is 4. The van der Waals surface area contributed by atoms with Crippen LogP contribution in [0.25, 0.3) is 0 Å². The molecule has 3 N–H and O–H groups in total. The van der Waals surface area contributed by atoms with Crippen LogP contribution in [0.4, 0.5) is 0 Å². The monoisotopic (exact) mass is 266 g/mol. The van der Waals surface area contributed by atoms with Gasteiger partial charge < -0.3 is 20.5 Å². The van der Waals surface area contributed by atoms with Crippen molar-refractivity contribution in [1.82, 2.24) is 5.32 Å². The zero-order chi connectivity index (χ0) is 14.1. The van der Waals surface area contributed by atoms with E-state index in [9.17, 15) is 4.79 Å². The van der Waals surface area contributed by atoms with Gasteiger partial charge in [0.15, 0.2) is 0 Å². The molecule has 1 amide bonds. The molecule has 0 radical (unpaired) electrons. The molecule has 0 bridgehead atoms. The number of hydrogen-bond donors (Lipinski definition) is 2. The Hall–Kier alpha value is -1.59. The zero-order valence-electron chi connectivity index (χ0n) is 11.5. The third kappa shape index (κ3) is 6.79. The highest BCUT2D eigenvalue weighted by molar-refractivity contribution is 5.76. The number of amides is 1. The second-order valence-corrected chi connectivity index (χ2v) is 4.44. The van der Waals surface area contributed by atoms with Crippen LogP contribution in [0.5, 0.6) is 5.75 Å². The van der Waals surface area contributed by atoms with E-state index in [1.807, 2.05) is 31.2 Å². The second-order valence-electron chi connectivity index (χ2n) is 4.44. The van der Waals surface area contributed by atoms with Gasteiger partial charge in [-0.2, -0.15) is 0 Å². The Kier molecular flexibility index (Phi) is 6.92. The van der Waals surface area contributed by atoms with Gasteiger partial charge in [0.25, 0.3) is 0 Å². The summed E-state index contributed by atoms with van der Waals surface area (Å²) in [5, 5.41) is 2.82. The predicted octanol–water partition coefficient (Wildman–Crippen LogP) is 1.07. The van der Waals surface area contributed by atoms with Crippen molar-refractivity contribution in [3.63, 3.8) is 0 Å². The van der Waals surface area contributed by atoms with Crippen LogP contribution in [0.1, 0.15) is 18.9 Å². The molecule has 0 aliphatic heterocycles. The lowest BCUT2D eigenvalue weighted by molar-refractivity contribution is -0.121. The van der Waals surface area contributed by atoms with Gasteiger partial charge in [-0.05, 0) is 24.6 Å². The molecule has 0 fully saturated rings. The fourth-order valence-corrected chi connectivity index (χ4v) is 1.51. The van der Waals surface area contributed by atoms with Crippen LogP contribution < -0.4 is 15.8 Å². The van der Waals surface area contributed by atoms with Crippen LogP contribution in [-0.2, 0) is 16.1 Å². The highest BCUT2D eigenvalue weighted by Gasteiger charge is 2.04. The van der Waals surface area contributed by atoms with Gasteiger partial charge in [-0.25, -0.2) is 0 Å². The van der Waals surface area contributed by atoms with Crippen molar-refractivity contribution in [2.45, 2.75) is 25.9 Å². The zero-order valence-corrected chi connectivity index (χ0v) is 11.5. The standard InChI is InChI=1S/C14H22N2O3/c1-11(15)9-14(17)16-10-12-3-5-13(6-4-12)19-8-7-18-2/h3-6,11H,7-10,15H2,1-2H3,(H,16,17). The highest BCUT2D eigenvalue weighted by Crippen LogP contribution is 2.11. The quantitative estimate of drug-likeness (QED) is 0.690. The maximum absolute atomic E-state index is 11.4. The SMILES string of the molecule is COCCOc1ccc(CNC(=O)CC(C)N)cc1. The highest BCUT2D eigenvalue weighted by atomic mass is 16.5. The van der Waals surface area contributed by atoms with Crippen LogP contribution in [0, 0.1) is 0 Å². The first-order chi connectivity index (χ1) is 9.11. The summed E-state index contributed by atoms with van der Waals surface area (Å²) in [4.78, 5) is 11.4. The molecular formula is C14H22N2O3. The van der Waals surface area contributed by atoms with E-state index in [0.717, 1.165) is 11.3 Å². The Morgan fingerprint density at radius 1 is 1.32 bits per heavy atom. The summed E-state index contributed by atoms with van der Waals surface area (Å²) in [7, 11) is 1.64. The first-order valence-corrected chi connectivity index (χ1v) is 6.34. The van der Waals surface area contributed by atoms with Crippen LogP contribution in [0.3, 0.4) is 0 Å². The Labute approximate surface area is 114 Å². The maximum atomic E-state index is 11.4. The van der Waals surface area contributed by atoms with E-state index in [0.29, 0.717) is 26.2 Å². The molecule has 1 atom stereocenters. The number of ether oxygens (including phenoxy) is 2. The minimum atomic E-state index is -0.114. The summed E-state index contributed by atoms with van der Waals surface area (Å²) >= 11 is 0. The molecule has 0 aromatic heterocycles. The van der Waals surface area contributed by atoms with Crippen LogP contribution in [-0.4, -0.2) is 32.3 Å². The van der Waals surface area contributed by atoms with Gasteiger partial charge in [0.1, 0.15) is 12.4 Å². The number of carbonyl (C=O) groups excluding carboxylic acids is 1. The van der Waals surface area contributed by atoms with Gasteiger partial charge in [-0.15, -0.1) is 0 Å². The van der Waals surface area contributed by atoms with Gasteiger partial charge in [-0.1, -0.05) is 12.1 Å². The van der Waals surface area contributed by atoms with Gasteiger partial charge in [-0.3, -0.25) is 4.79 Å². The van der Waals surface area contributed by atoms with Gasteiger partial charge in [0.05, 0.1) is 6.61 Å². The normalized spacial score (nSPS) is 11.9. The molecule has 1 unspecified atom stereocenters. The minimum Gasteiger partial charge on any atom is -0.491 e. The fraction of sp³-hybridized carbons (Fsp3) is 0.500. The Bertz CT molecular complexity index is 377. The molecule has 19 heavy (non-hydrogen) atoms. The fourth-order valence-electron chi connectivity index (χ4n) is 1.51. The first kappa shape index (κ1) is 15.5. The number of benzene rings is 1. The van der Waals surface area contributed by atoms with E-state index in [-0.39, 0.29) is 11.9 Å². The number of rotatable bonds is 8. The van der Waals surface area contributed by atoms with Gasteiger partial charge >= 0.3 is 0 Å². The molecule has 5 nitrogen and oxygen atoms in total. The number of methoxy groups -OCH3 is 1. The summed E-state index contributed by atoms with van der Waals surface area (Å²) in [6, 6.07) is 7.49. The third-order valence-electron chi connectivity index (χ3n) is 2.48. The molecular weight excluding hydrogens is 244 g/mol. The average Bonchev–Trinajstić information content (AvgIpc) is 2.37. The molecule has 0 saturated carbocycles. The average molecular weight is 266 g/mol. The van der Waals surface area contributed by atoms with Crippen molar-refractivity contribution in [2.75, 3.05) is 20.3 Å². The molecule has 0 spiro atoms. The Balaban J connectivity index is 2.33. The molecule has 0 heterocycles. The number of carbonyl (C=O) groups is 1. The lowest BCUT2D eigenvalue weighted by Gasteiger charge is -2.09. The van der Waals surface area contributed by atoms with Crippen molar-refractivity contribution in [1.29, 1.82) is 0 Å². The van der Waals surface area contributed by atoms with Crippen molar-refractivity contribution >= 4 is 5.91 Å². The third-order valence-corrected chi connectivity index (χ3v) is 2.48. The summed E-state index contributed by atoms with van der Waals surface area (Å²) < 4.78 is 10.4. The Morgan fingerprint density at radius 3 is 2.58 bits per heavy atom. The smallest absolute Gasteiger partial charge is 0.221 e. The van der Waals surface area contributed by atoms with E-state index in [1.54, 1.807) is 7.11 Å². The lowest BCUT2D eigenvalue weighted by atomic mass is 10.2. The van der Waals surface area contributed by atoms with Crippen LogP contribution in [0.2, 0.25) is 0 Å². The maximum Gasteiger partial charge on any atom is 0.221 e. The molecule has 1 aromatic carbocycles. The summed E-state index contributed by atoms with van der Waals surface area (Å²) in [5.41, 5.74) is 6.58. The van der Waals surface area contributed by atoms with Crippen molar-refractivity contribution in [2.24, 2.45) is 5.73 Å². The summed E-state index contributed by atoms with van der Waals surface area (Å²) in [6.07, 6.45) is 0.345. The van der Waals surface area contributed by atoms with E-state index in [2.05, 4.69) is 5.32 Å². The van der Waals surface area contributed by atoms with Crippen LogP contribution >= 0.6 is 0 Å². The molecule has 106 valence electrons. The minimum absolute atomic E-state index is 0.0320. The first-order valence-electron chi connectivity index (χ1n) is 6.34. The van der Waals surface area contributed by atoms with Crippen LogP contribution in [0.15, 0.2) is 24.3 Å². The number of nitrogens with one attached hydrogen (secondary N) is 1. The molecule has 0 aliphatic rings. The predicted molar refractivity (Wildman–Crippen MR) is 73.9 cm³/mol. The second kappa shape index (κ2) is 8.50. The topological polar surface area (TPSA) is 73.6 Å². The van der Waals surface area contributed by atoms with Gasteiger partial charge in [0, 0.05) is 26.1 Å². The largest absolute Gasteiger partial charge is 0.491 e.